The minimum Gasteiger partial charge on any atom is -0.485 e. The highest BCUT2D eigenvalue weighted by molar-refractivity contribution is 5.12. The normalized spacial score (nSPS) is 13.9. The lowest BCUT2D eigenvalue weighted by atomic mass is 10.2. The van der Waals surface area contributed by atoms with Gasteiger partial charge in [0.15, 0.2) is 5.75 Å². The monoisotopic (exact) mass is 211 g/mol. The van der Waals surface area contributed by atoms with Crippen molar-refractivity contribution in [1.82, 2.24) is 15.1 Å². The fraction of sp³-hybridized carbons (Fsp3) is 0.727. The Morgan fingerprint density at radius 1 is 1.53 bits per heavy atom. The summed E-state index contributed by atoms with van der Waals surface area (Å²) in [6, 6.07) is 0.410. The first-order chi connectivity index (χ1) is 6.90. The van der Waals surface area contributed by atoms with Crippen molar-refractivity contribution in [1.29, 1.82) is 0 Å². The summed E-state index contributed by atoms with van der Waals surface area (Å²) < 4.78 is 7.58. The minimum atomic E-state index is -0.164. The molecule has 0 fully saturated rings. The first-order valence-corrected chi connectivity index (χ1v) is 5.29. The van der Waals surface area contributed by atoms with Crippen molar-refractivity contribution >= 4 is 0 Å². The van der Waals surface area contributed by atoms with E-state index < -0.39 is 0 Å². The third-order valence-corrected chi connectivity index (χ3v) is 1.99. The van der Waals surface area contributed by atoms with Gasteiger partial charge in [0.05, 0.1) is 18.9 Å². The van der Waals surface area contributed by atoms with Crippen molar-refractivity contribution in [3.8, 4) is 5.75 Å². The van der Waals surface area contributed by atoms with Crippen LogP contribution in [0.2, 0.25) is 0 Å². The lowest BCUT2D eigenvalue weighted by Crippen LogP contribution is -2.26. The molecule has 0 saturated heterocycles. The van der Waals surface area contributed by atoms with Crippen LogP contribution in [0, 0.1) is 0 Å². The van der Waals surface area contributed by atoms with E-state index in [0.717, 1.165) is 12.3 Å². The van der Waals surface area contributed by atoms with E-state index in [4.69, 9.17) is 4.74 Å². The molecule has 1 atom stereocenters. The Labute approximate surface area is 91.6 Å². The van der Waals surface area contributed by atoms with Gasteiger partial charge in [0.2, 0.25) is 0 Å². The maximum Gasteiger partial charge on any atom is 0.157 e. The molecule has 0 bridgehead atoms. The molecule has 0 radical (unpaired) electrons. The summed E-state index contributed by atoms with van der Waals surface area (Å²) >= 11 is 0. The van der Waals surface area contributed by atoms with Crippen molar-refractivity contribution in [2.75, 3.05) is 7.05 Å². The predicted octanol–water partition coefficient (Wildman–Crippen LogP) is 1.67. The van der Waals surface area contributed by atoms with Crippen LogP contribution < -0.4 is 10.1 Å². The van der Waals surface area contributed by atoms with Crippen LogP contribution in [-0.2, 0) is 6.54 Å². The smallest absolute Gasteiger partial charge is 0.157 e. The molecule has 1 heterocycles. The molecule has 0 aromatic carbocycles. The first-order valence-electron chi connectivity index (χ1n) is 5.29. The molecule has 1 rings (SSSR count). The molecule has 1 aromatic heterocycles. The molecule has 0 spiro atoms. The lowest BCUT2D eigenvalue weighted by molar-refractivity contribution is 0.130. The highest BCUT2D eigenvalue weighted by Crippen LogP contribution is 2.16. The highest BCUT2D eigenvalue weighted by atomic mass is 16.5. The number of ether oxygens (including phenoxy) is 1. The molecule has 1 aromatic rings. The molecule has 1 unspecified atom stereocenters. The second kappa shape index (κ2) is 4.66. The predicted molar refractivity (Wildman–Crippen MR) is 61.1 cm³/mol. The van der Waals surface area contributed by atoms with E-state index in [9.17, 15) is 0 Å². The Bertz CT molecular complexity index is 301. The third-order valence-electron chi connectivity index (χ3n) is 1.99. The van der Waals surface area contributed by atoms with Gasteiger partial charge in [0.1, 0.15) is 5.60 Å². The maximum absolute atomic E-state index is 5.69. The van der Waals surface area contributed by atoms with Crippen molar-refractivity contribution in [2.45, 2.75) is 45.9 Å². The van der Waals surface area contributed by atoms with Gasteiger partial charge in [-0.15, -0.1) is 0 Å². The topological polar surface area (TPSA) is 39.1 Å². The second-order valence-corrected chi connectivity index (χ2v) is 4.80. The van der Waals surface area contributed by atoms with Gasteiger partial charge < -0.3 is 10.1 Å². The number of nitrogens with one attached hydrogen (secondary N) is 1. The van der Waals surface area contributed by atoms with Crippen LogP contribution in [0.3, 0.4) is 0 Å². The second-order valence-electron chi connectivity index (χ2n) is 4.80. The number of rotatable bonds is 4. The van der Waals surface area contributed by atoms with E-state index in [-0.39, 0.29) is 5.60 Å². The van der Waals surface area contributed by atoms with Gasteiger partial charge in [-0.2, -0.15) is 5.10 Å². The molecule has 0 aliphatic rings. The van der Waals surface area contributed by atoms with E-state index in [1.807, 2.05) is 38.7 Å². The van der Waals surface area contributed by atoms with E-state index in [1.54, 1.807) is 6.20 Å². The molecule has 0 amide bonds. The summed E-state index contributed by atoms with van der Waals surface area (Å²) in [6.45, 7) is 9.05. The molecule has 0 aliphatic carbocycles. The fourth-order valence-corrected chi connectivity index (χ4v) is 1.22. The van der Waals surface area contributed by atoms with Gasteiger partial charge in [0.25, 0.3) is 0 Å². The van der Waals surface area contributed by atoms with Crippen molar-refractivity contribution < 1.29 is 4.74 Å². The Kier molecular flexibility index (Phi) is 3.74. The van der Waals surface area contributed by atoms with E-state index in [2.05, 4.69) is 17.3 Å². The molecule has 86 valence electrons. The molecular formula is C11H21N3O. The Morgan fingerprint density at radius 3 is 2.73 bits per heavy atom. The molecule has 15 heavy (non-hydrogen) atoms. The minimum absolute atomic E-state index is 0.164. The van der Waals surface area contributed by atoms with Crippen molar-refractivity contribution in [3.63, 3.8) is 0 Å². The van der Waals surface area contributed by atoms with Crippen LogP contribution in [0.5, 0.6) is 5.75 Å². The fourth-order valence-electron chi connectivity index (χ4n) is 1.22. The summed E-state index contributed by atoms with van der Waals surface area (Å²) in [4.78, 5) is 0. The summed E-state index contributed by atoms with van der Waals surface area (Å²) in [5, 5.41) is 7.41. The Morgan fingerprint density at radius 2 is 2.20 bits per heavy atom. The highest BCUT2D eigenvalue weighted by Gasteiger charge is 2.13. The van der Waals surface area contributed by atoms with Crippen LogP contribution in [0.25, 0.3) is 0 Å². The molecule has 4 nitrogen and oxygen atoms in total. The van der Waals surface area contributed by atoms with Crippen LogP contribution >= 0.6 is 0 Å². The van der Waals surface area contributed by atoms with E-state index in [0.29, 0.717) is 6.04 Å². The zero-order valence-electron chi connectivity index (χ0n) is 10.2. The van der Waals surface area contributed by atoms with Crippen molar-refractivity contribution in [3.05, 3.63) is 12.4 Å². The summed E-state index contributed by atoms with van der Waals surface area (Å²) in [7, 11) is 1.95. The number of hydrogen-bond donors (Lipinski definition) is 1. The van der Waals surface area contributed by atoms with E-state index in [1.165, 1.54) is 0 Å². The molecule has 0 saturated carbocycles. The lowest BCUT2D eigenvalue weighted by Gasteiger charge is -2.19. The van der Waals surface area contributed by atoms with Crippen LogP contribution in [-0.4, -0.2) is 28.5 Å². The van der Waals surface area contributed by atoms with E-state index >= 15 is 0 Å². The average molecular weight is 211 g/mol. The van der Waals surface area contributed by atoms with Gasteiger partial charge in [-0.05, 0) is 34.7 Å². The number of aromatic nitrogens is 2. The maximum atomic E-state index is 5.69. The standard InChI is InChI=1S/C11H21N3O/c1-9(12-5)7-14-8-10(6-13-14)15-11(2,3)4/h6,8-9,12H,7H2,1-5H3. The van der Waals surface area contributed by atoms with Crippen LogP contribution in [0.15, 0.2) is 12.4 Å². The zero-order chi connectivity index (χ0) is 11.5. The zero-order valence-corrected chi connectivity index (χ0v) is 10.2. The quantitative estimate of drug-likeness (QED) is 0.823. The van der Waals surface area contributed by atoms with Gasteiger partial charge in [-0.1, -0.05) is 0 Å². The number of nitrogens with zero attached hydrogens (tertiary/aromatic N) is 2. The van der Waals surface area contributed by atoms with Gasteiger partial charge in [-0.3, -0.25) is 4.68 Å². The first kappa shape index (κ1) is 12.0. The van der Waals surface area contributed by atoms with Crippen molar-refractivity contribution in [2.24, 2.45) is 0 Å². The van der Waals surface area contributed by atoms with Gasteiger partial charge >= 0.3 is 0 Å². The number of likely N-dealkylation sites (N-methyl/N-ethyl adjacent to an activating group) is 1. The van der Waals surface area contributed by atoms with Crippen LogP contribution in [0.1, 0.15) is 27.7 Å². The Balaban J connectivity index is 2.56. The molecule has 4 heteroatoms. The third kappa shape index (κ3) is 4.34. The average Bonchev–Trinajstić information content (AvgIpc) is 2.49. The Hall–Kier alpha value is -1.03. The molecular weight excluding hydrogens is 190 g/mol. The molecule has 0 aliphatic heterocycles. The van der Waals surface area contributed by atoms with Crippen LogP contribution in [0.4, 0.5) is 0 Å². The number of hydrogen-bond acceptors (Lipinski definition) is 3. The van der Waals surface area contributed by atoms with Gasteiger partial charge in [0, 0.05) is 6.04 Å². The summed E-state index contributed by atoms with van der Waals surface area (Å²) in [6.07, 6.45) is 3.69. The largest absolute Gasteiger partial charge is 0.485 e. The SMILES string of the molecule is CNC(C)Cn1cc(OC(C)(C)C)cn1. The summed E-state index contributed by atoms with van der Waals surface area (Å²) in [5.74, 6) is 0.825. The van der Waals surface area contributed by atoms with Gasteiger partial charge in [-0.25, -0.2) is 0 Å². The summed E-state index contributed by atoms with van der Waals surface area (Å²) in [5.41, 5.74) is -0.164. The molecule has 1 N–H and O–H groups in total.